The Labute approximate surface area is 249 Å². The molecule has 2 N–H and O–H groups in total. The molecule has 0 aliphatic carbocycles. The highest BCUT2D eigenvalue weighted by atomic mass is 19.2. The average molecular weight is 601 g/mol. The topological polar surface area (TPSA) is 78.0 Å². The van der Waals surface area contributed by atoms with Gasteiger partial charge in [0.25, 0.3) is 0 Å². The van der Waals surface area contributed by atoms with Crippen molar-refractivity contribution in [3.8, 4) is 5.75 Å². The second kappa shape index (κ2) is 14.3. The molecule has 1 unspecified atom stereocenters. The molecule has 2 saturated heterocycles. The monoisotopic (exact) mass is 600 g/mol. The van der Waals surface area contributed by atoms with Crippen LogP contribution in [-0.4, -0.2) is 63.4 Å². The summed E-state index contributed by atoms with van der Waals surface area (Å²) in [6, 6.07) is 1.39. The normalized spacial score (nSPS) is 30.9. The van der Waals surface area contributed by atoms with Gasteiger partial charge in [0, 0.05) is 12.1 Å². The number of hydrogen-bond donors (Lipinski definition) is 2. The molecule has 0 spiro atoms. The number of nitrogens with one attached hydrogen (secondary N) is 2. The molecular formula is C32H51F3N2O5. The van der Waals surface area contributed by atoms with Gasteiger partial charge in [-0.15, -0.1) is 0 Å². The van der Waals surface area contributed by atoms with Crippen LogP contribution < -0.4 is 15.4 Å². The number of benzene rings is 1. The maximum Gasteiger partial charge on any atom is 0.311 e. The van der Waals surface area contributed by atoms with E-state index in [0.29, 0.717) is 19.4 Å². The van der Waals surface area contributed by atoms with E-state index in [1.54, 1.807) is 7.05 Å². The SMILES string of the molecule is CN[C@H]1C[C@@H](C)O[C@@H](OC2C(C)(C)CCCNCCCCOC(=O)C(C)(C)CC2(C)C)[C@@H]1Oc1cc(F)c(F)c(F)c1. The highest BCUT2D eigenvalue weighted by Gasteiger charge is 2.50. The van der Waals surface area contributed by atoms with Crippen molar-refractivity contribution in [2.75, 3.05) is 26.7 Å². The van der Waals surface area contributed by atoms with E-state index in [4.69, 9.17) is 18.9 Å². The summed E-state index contributed by atoms with van der Waals surface area (Å²) >= 11 is 0. The average Bonchev–Trinajstić information content (AvgIpc) is 2.89. The zero-order valence-corrected chi connectivity index (χ0v) is 26.6. The minimum Gasteiger partial charge on any atom is -0.483 e. The van der Waals surface area contributed by atoms with Crippen LogP contribution in [-0.2, 0) is 19.0 Å². The van der Waals surface area contributed by atoms with Crippen molar-refractivity contribution >= 4 is 5.97 Å². The standard InChI is InChI=1S/C32H51F3N2O5/c1-20-16-24(36-8)26(41-21-17-22(33)25(35)23(34)18-21)27(40-20)42-28-30(2,3)12-11-14-37-13-9-10-15-39-29(38)32(6,7)19-31(28,4)5/h17-18,20,24,26-28,36-37H,9-16,19H2,1-8H3/t20-,24+,26-,27+,28?/m1/s1. The minimum atomic E-state index is -1.55. The summed E-state index contributed by atoms with van der Waals surface area (Å²) in [4.78, 5) is 13.2. The molecule has 2 aliphatic rings. The largest absolute Gasteiger partial charge is 0.483 e. The molecule has 1 aromatic rings. The van der Waals surface area contributed by atoms with E-state index in [2.05, 4.69) is 38.3 Å². The van der Waals surface area contributed by atoms with E-state index >= 15 is 0 Å². The van der Waals surface area contributed by atoms with Crippen molar-refractivity contribution in [3.63, 3.8) is 0 Å². The number of carbonyl (C=O) groups excluding carboxylic acids is 1. The fraction of sp³-hybridized carbons (Fsp3) is 0.781. The van der Waals surface area contributed by atoms with Crippen molar-refractivity contribution in [2.24, 2.45) is 16.2 Å². The van der Waals surface area contributed by atoms with Crippen LogP contribution >= 0.6 is 0 Å². The summed E-state index contributed by atoms with van der Waals surface area (Å²) < 4.78 is 66.9. The molecule has 3 rings (SSSR count). The molecule has 2 aliphatic heterocycles. The molecule has 0 amide bonds. The van der Waals surface area contributed by atoms with Gasteiger partial charge in [-0.25, -0.2) is 13.2 Å². The number of carbonyl (C=O) groups is 1. The van der Waals surface area contributed by atoms with Crippen molar-refractivity contribution in [3.05, 3.63) is 29.6 Å². The van der Waals surface area contributed by atoms with E-state index in [1.807, 2.05) is 20.8 Å². The lowest BCUT2D eigenvalue weighted by Gasteiger charge is -2.50. The Morgan fingerprint density at radius 2 is 1.62 bits per heavy atom. The quantitative estimate of drug-likeness (QED) is 0.311. The van der Waals surface area contributed by atoms with Crippen molar-refractivity contribution in [1.82, 2.24) is 10.6 Å². The van der Waals surface area contributed by atoms with Crippen molar-refractivity contribution in [1.29, 1.82) is 0 Å². The number of ether oxygens (including phenoxy) is 4. The van der Waals surface area contributed by atoms with Crippen LogP contribution in [0.4, 0.5) is 13.2 Å². The number of hydrogen-bond acceptors (Lipinski definition) is 7. The van der Waals surface area contributed by atoms with Gasteiger partial charge in [-0.05, 0) is 90.3 Å². The second-order valence-corrected chi connectivity index (χ2v) is 14.0. The zero-order valence-electron chi connectivity index (χ0n) is 26.6. The summed E-state index contributed by atoms with van der Waals surface area (Å²) in [7, 11) is 1.78. The van der Waals surface area contributed by atoms with Crippen molar-refractivity contribution < 1.29 is 36.9 Å². The minimum absolute atomic E-state index is 0.154. The second-order valence-electron chi connectivity index (χ2n) is 14.0. The van der Waals surface area contributed by atoms with Gasteiger partial charge in [0.2, 0.25) is 0 Å². The van der Waals surface area contributed by atoms with Gasteiger partial charge < -0.3 is 29.6 Å². The predicted molar refractivity (Wildman–Crippen MR) is 156 cm³/mol. The molecule has 7 nitrogen and oxygen atoms in total. The Morgan fingerprint density at radius 3 is 2.26 bits per heavy atom. The first kappa shape index (κ1) is 34.6. The molecule has 0 aromatic heterocycles. The summed E-state index contributed by atoms with van der Waals surface area (Å²) in [5.41, 5.74) is -1.66. The van der Waals surface area contributed by atoms with Gasteiger partial charge in [0.1, 0.15) is 5.75 Å². The van der Waals surface area contributed by atoms with E-state index < -0.39 is 46.8 Å². The molecule has 2 fully saturated rings. The Hall–Kier alpha value is -1.88. The highest BCUT2D eigenvalue weighted by Crippen LogP contribution is 2.47. The highest BCUT2D eigenvalue weighted by molar-refractivity contribution is 5.76. The maximum atomic E-state index is 14.1. The Kier molecular flexibility index (Phi) is 11.8. The van der Waals surface area contributed by atoms with E-state index in [1.165, 1.54) is 0 Å². The van der Waals surface area contributed by atoms with Crippen LogP contribution in [0.25, 0.3) is 0 Å². The summed E-state index contributed by atoms with van der Waals surface area (Å²) in [5.74, 6) is -4.61. The molecule has 10 heteroatoms. The van der Waals surface area contributed by atoms with E-state index in [0.717, 1.165) is 50.9 Å². The van der Waals surface area contributed by atoms with Crippen LogP contribution in [0.2, 0.25) is 0 Å². The fourth-order valence-corrected chi connectivity index (χ4v) is 6.83. The van der Waals surface area contributed by atoms with Crippen LogP contribution in [0.3, 0.4) is 0 Å². The fourth-order valence-electron chi connectivity index (χ4n) is 6.83. The molecule has 240 valence electrons. The zero-order chi connectivity index (χ0) is 31.3. The smallest absolute Gasteiger partial charge is 0.311 e. The number of halogens is 3. The molecule has 5 atom stereocenters. The third kappa shape index (κ3) is 8.83. The molecule has 1 aromatic carbocycles. The lowest BCUT2D eigenvalue weighted by Crippen LogP contribution is -2.59. The molecule has 0 saturated carbocycles. The number of rotatable bonds is 5. The summed E-state index contributed by atoms with van der Waals surface area (Å²) in [6.07, 6.45) is 2.25. The van der Waals surface area contributed by atoms with Gasteiger partial charge in [-0.1, -0.05) is 27.7 Å². The molecular weight excluding hydrogens is 549 g/mol. The Morgan fingerprint density at radius 1 is 0.976 bits per heavy atom. The molecule has 0 bridgehead atoms. The van der Waals surface area contributed by atoms with Crippen LogP contribution in [0.15, 0.2) is 12.1 Å². The van der Waals surface area contributed by atoms with Gasteiger partial charge >= 0.3 is 5.97 Å². The van der Waals surface area contributed by atoms with Gasteiger partial charge in [0.05, 0.1) is 30.3 Å². The van der Waals surface area contributed by atoms with Crippen molar-refractivity contribution in [2.45, 2.75) is 118 Å². The Bertz CT molecular complexity index is 1030. The van der Waals surface area contributed by atoms with Crippen LogP contribution in [0.1, 0.15) is 87.0 Å². The molecule has 0 radical (unpaired) electrons. The van der Waals surface area contributed by atoms with Gasteiger partial charge in [-0.3, -0.25) is 4.79 Å². The lowest BCUT2D eigenvalue weighted by molar-refractivity contribution is -0.285. The summed E-state index contributed by atoms with van der Waals surface area (Å²) in [6.45, 7) is 16.3. The van der Waals surface area contributed by atoms with Crippen LogP contribution in [0, 0.1) is 33.7 Å². The summed E-state index contributed by atoms with van der Waals surface area (Å²) in [5, 5.41) is 6.71. The maximum absolute atomic E-state index is 14.1. The van der Waals surface area contributed by atoms with Crippen LogP contribution in [0.5, 0.6) is 5.75 Å². The Balaban J connectivity index is 1.98. The number of esters is 1. The predicted octanol–water partition coefficient (Wildman–Crippen LogP) is 6.13. The third-order valence-corrected chi connectivity index (χ3v) is 8.51. The number of cyclic esters (lactones) is 1. The first-order chi connectivity index (χ1) is 19.6. The first-order valence-corrected chi connectivity index (χ1v) is 15.2. The van der Waals surface area contributed by atoms with E-state index in [-0.39, 0.29) is 29.3 Å². The molecule has 42 heavy (non-hydrogen) atoms. The van der Waals surface area contributed by atoms with E-state index in [9.17, 15) is 18.0 Å². The lowest BCUT2D eigenvalue weighted by atomic mass is 9.64. The number of likely N-dealkylation sites (N-methyl/N-ethyl adjacent to an activating group) is 1. The molecule has 2 heterocycles. The van der Waals surface area contributed by atoms with Gasteiger partial charge in [0.15, 0.2) is 29.8 Å². The first-order valence-electron chi connectivity index (χ1n) is 15.2. The third-order valence-electron chi connectivity index (χ3n) is 8.51. The van der Waals surface area contributed by atoms with Gasteiger partial charge in [-0.2, -0.15) is 0 Å².